The maximum atomic E-state index is 11.8. The molecule has 0 aliphatic heterocycles. The molecule has 1 N–H and O–H groups in total. The zero-order chi connectivity index (χ0) is 15.4. The second-order valence-electron chi connectivity index (χ2n) is 4.01. The van der Waals surface area contributed by atoms with Crippen molar-refractivity contribution in [1.82, 2.24) is 10.1 Å². The van der Waals surface area contributed by atoms with Gasteiger partial charge >= 0.3 is 5.97 Å². The molecule has 8 nitrogen and oxygen atoms in total. The lowest BCUT2D eigenvalue weighted by Crippen LogP contribution is -2.05. The fourth-order valence-electron chi connectivity index (χ4n) is 1.74. The molecular formula is C13H14N2O6. The Kier molecular flexibility index (Phi) is 4.39. The molecule has 1 heterocycles. The Hall–Kier alpha value is -2.61. The van der Waals surface area contributed by atoms with E-state index in [1.54, 1.807) is 0 Å². The van der Waals surface area contributed by atoms with Crippen LogP contribution in [0.1, 0.15) is 16.2 Å². The van der Waals surface area contributed by atoms with E-state index in [1.807, 2.05) is 0 Å². The second-order valence-corrected chi connectivity index (χ2v) is 4.01. The second kappa shape index (κ2) is 6.23. The number of ether oxygens (including phenoxy) is 3. The van der Waals surface area contributed by atoms with Gasteiger partial charge in [-0.25, -0.2) is 4.79 Å². The van der Waals surface area contributed by atoms with Gasteiger partial charge < -0.3 is 23.8 Å². The fourth-order valence-corrected chi connectivity index (χ4v) is 1.74. The van der Waals surface area contributed by atoms with E-state index in [1.165, 1.54) is 33.5 Å². The Bertz CT molecular complexity index is 652. The third-order valence-electron chi connectivity index (χ3n) is 2.70. The number of benzene rings is 1. The maximum Gasteiger partial charge on any atom is 0.338 e. The molecule has 2 rings (SSSR count). The van der Waals surface area contributed by atoms with Crippen molar-refractivity contribution in [3.8, 4) is 22.9 Å². The van der Waals surface area contributed by atoms with Crippen LogP contribution in [0.25, 0.3) is 11.4 Å². The molecule has 0 bridgehead atoms. The van der Waals surface area contributed by atoms with Crippen molar-refractivity contribution in [3.63, 3.8) is 0 Å². The molecule has 0 atom stereocenters. The number of hydrogen-bond donors (Lipinski definition) is 1. The number of aromatic nitrogens is 2. The van der Waals surface area contributed by atoms with Crippen LogP contribution in [0.2, 0.25) is 0 Å². The Morgan fingerprint density at radius 1 is 1.33 bits per heavy atom. The lowest BCUT2D eigenvalue weighted by atomic mass is 10.1. The van der Waals surface area contributed by atoms with Crippen molar-refractivity contribution in [3.05, 3.63) is 23.6 Å². The number of carbonyl (C=O) groups excluding carboxylic acids is 1. The van der Waals surface area contributed by atoms with Gasteiger partial charge in [0, 0.05) is 12.7 Å². The van der Waals surface area contributed by atoms with Gasteiger partial charge in [0.25, 0.3) is 5.89 Å². The summed E-state index contributed by atoms with van der Waals surface area (Å²) >= 11 is 0. The van der Waals surface area contributed by atoms with E-state index in [-0.39, 0.29) is 35.4 Å². The summed E-state index contributed by atoms with van der Waals surface area (Å²) in [6, 6.07) is 2.66. The first-order valence-electron chi connectivity index (χ1n) is 5.92. The highest BCUT2D eigenvalue weighted by molar-refractivity contribution is 5.97. The van der Waals surface area contributed by atoms with Crippen LogP contribution in [0.15, 0.2) is 16.7 Å². The summed E-state index contributed by atoms with van der Waals surface area (Å²) in [7, 11) is 4.12. The van der Waals surface area contributed by atoms with Crippen molar-refractivity contribution in [2.45, 2.75) is 6.61 Å². The highest BCUT2D eigenvalue weighted by atomic mass is 16.5. The van der Waals surface area contributed by atoms with Crippen LogP contribution < -0.4 is 4.74 Å². The molecule has 0 unspecified atom stereocenters. The van der Waals surface area contributed by atoms with E-state index in [0.29, 0.717) is 5.56 Å². The number of methoxy groups -OCH3 is 3. The standard InChI is InChI=1S/C13H14N2O6/c1-18-6-11-14-12(15-21-11)7-5-10(19-2)9(16)4-8(7)13(17)20-3/h4-5,16H,6H2,1-3H3. The molecule has 0 spiro atoms. The van der Waals surface area contributed by atoms with Crippen molar-refractivity contribution in [2.24, 2.45) is 0 Å². The Labute approximate surface area is 120 Å². The molecule has 0 aliphatic rings. The van der Waals surface area contributed by atoms with Gasteiger partial charge in [-0.05, 0) is 12.1 Å². The van der Waals surface area contributed by atoms with Gasteiger partial charge in [0.1, 0.15) is 6.61 Å². The highest BCUT2D eigenvalue weighted by Crippen LogP contribution is 2.34. The van der Waals surface area contributed by atoms with E-state index in [4.69, 9.17) is 14.0 Å². The minimum Gasteiger partial charge on any atom is -0.504 e. The van der Waals surface area contributed by atoms with E-state index < -0.39 is 5.97 Å². The maximum absolute atomic E-state index is 11.8. The lowest BCUT2D eigenvalue weighted by Gasteiger charge is -2.09. The molecular weight excluding hydrogens is 280 g/mol. The van der Waals surface area contributed by atoms with Crippen LogP contribution in [-0.4, -0.2) is 42.5 Å². The van der Waals surface area contributed by atoms with Crippen LogP contribution in [0, 0.1) is 0 Å². The first kappa shape index (κ1) is 14.8. The predicted octanol–water partition coefficient (Wildman–Crippen LogP) is 1.38. The number of phenols is 1. The van der Waals surface area contributed by atoms with E-state index in [2.05, 4.69) is 14.9 Å². The van der Waals surface area contributed by atoms with E-state index >= 15 is 0 Å². The molecule has 8 heteroatoms. The molecule has 0 fully saturated rings. The lowest BCUT2D eigenvalue weighted by molar-refractivity contribution is 0.0601. The van der Waals surface area contributed by atoms with Crippen LogP contribution >= 0.6 is 0 Å². The number of phenolic OH excluding ortho intramolecular Hbond substituents is 1. The first-order chi connectivity index (χ1) is 10.1. The topological polar surface area (TPSA) is 104 Å². The predicted molar refractivity (Wildman–Crippen MR) is 70.0 cm³/mol. The average molecular weight is 294 g/mol. The zero-order valence-corrected chi connectivity index (χ0v) is 11.7. The number of hydrogen-bond acceptors (Lipinski definition) is 8. The van der Waals surface area contributed by atoms with E-state index in [9.17, 15) is 9.90 Å². The summed E-state index contributed by atoms with van der Waals surface area (Å²) in [5.41, 5.74) is 0.420. The summed E-state index contributed by atoms with van der Waals surface area (Å²) in [5.74, 6) is -0.227. The minimum absolute atomic E-state index is 0.0977. The Morgan fingerprint density at radius 3 is 2.71 bits per heavy atom. The summed E-state index contributed by atoms with van der Waals surface area (Å²) in [6.07, 6.45) is 0. The SMILES string of the molecule is COCc1nc(-c2cc(OC)c(O)cc2C(=O)OC)no1. The zero-order valence-electron chi connectivity index (χ0n) is 11.7. The quantitative estimate of drug-likeness (QED) is 0.825. The van der Waals surface area contributed by atoms with Gasteiger partial charge in [0.15, 0.2) is 11.5 Å². The van der Waals surface area contributed by atoms with Crippen LogP contribution in [0.5, 0.6) is 11.5 Å². The van der Waals surface area contributed by atoms with Crippen LogP contribution in [0.4, 0.5) is 0 Å². The fraction of sp³-hybridized carbons (Fsp3) is 0.308. The molecule has 0 aliphatic carbocycles. The third-order valence-corrected chi connectivity index (χ3v) is 2.70. The van der Waals surface area contributed by atoms with Crippen LogP contribution in [0.3, 0.4) is 0 Å². The van der Waals surface area contributed by atoms with Gasteiger partial charge in [-0.2, -0.15) is 4.98 Å². The summed E-state index contributed by atoms with van der Waals surface area (Å²) in [6.45, 7) is 0.149. The minimum atomic E-state index is -0.638. The van der Waals surface area contributed by atoms with Gasteiger partial charge in [-0.3, -0.25) is 0 Å². The monoisotopic (exact) mass is 294 g/mol. The highest BCUT2D eigenvalue weighted by Gasteiger charge is 2.21. The average Bonchev–Trinajstić information content (AvgIpc) is 2.95. The molecule has 0 saturated heterocycles. The number of nitrogens with zero attached hydrogens (tertiary/aromatic N) is 2. The number of rotatable bonds is 5. The van der Waals surface area contributed by atoms with Crippen LogP contribution in [-0.2, 0) is 16.1 Å². The third kappa shape index (κ3) is 2.95. The smallest absolute Gasteiger partial charge is 0.338 e. The first-order valence-corrected chi connectivity index (χ1v) is 5.92. The van der Waals surface area contributed by atoms with Crippen molar-refractivity contribution >= 4 is 5.97 Å². The summed E-state index contributed by atoms with van der Waals surface area (Å²) in [5, 5.41) is 13.6. The molecule has 0 radical (unpaired) electrons. The molecule has 1 aromatic carbocycles. The van der Waals surface area contributed by atoms with Gasteiger partial charge in [0.2, 0.25) is 5.82 Å². The molecule has 1 aromatic heterocycles. The Balaban J connectivity index is 2.55. The summed E-state index contributed by atoms with van der Waals surface area (Å²) in [4.78, 5) is 15.9. The van der Waals surface area contributed by atoms with Crippen molar-refractivity contribution in [1.29, 1.82) is 0 Å². The van der Waals surface area contributed by atoms with Gasteiger partial charge in [-0.1, -0.05) is 5.16 Å². The molecule has 112 valence electrons. The van der Waals surface area contributed by atoms with Crippen molar-refractivity contribution in [2.75, 3.05) is 21.3 Å². The van der Waals surface area contributed by atoms with E-state index in [0.717, 1.165) is 0 Å². The number of carbonyl (C=O) groups is 1. The molecule has 2 aromatic rings. The molecule has 0 amide bonds. The molecule has 0 saturated carbocycles. The normalized spacial score (nSPS) is 10.4. The number of esters is 1. The Morgan fingerprint density at radius 2 is 2.10 bits per heavy atom. The largest absolute Gasteiger partial charge is 0.504 e. The van der Waals surface area contributed by atoms with Gasteiger partial charge in [-0.15, -0.1) is 0 Å². The number of aromatic hydroxyl groups is 1. The summed E-state index contributed by atoms with van der Waals surface area (Å²) < 4.78 is 19.6. The van der Waals surface area contributed by atoms with Crippen molar-refractivity contribution < 1.29 is 28.6 Å². The van der Waals surface area contributed by atoms with Gasteiger partial charge in [0.05, 0.1) is 19.8 Å². The molecule has 21 heavy (non-hydrogen) atoms.